The third-order valence-corrected chi connectivity index (χ3v) is 4.31. The van der Waals surface area contributed by atoms with Crippen LogP contribution in [0.25, 0.3) is 21.7 Å². The predicted octanol–water partition coefficient (Wildman–Crippen LogP) is 2.98. The fraction of sp³-hybridized carbons (Fsp3) is 0.100. The smallest absolute Gasteiger partial charge is 0.359 e. The number of halogens is 1. The van der Waals surface area contributed by atoms with Gasteiger partial charge in [-0.15, -0.1) is 0 Å². The molecule has 27 heavy (non-hydrogen) atoms. The van der Waals surface area contributed by atoms with Gasteiger partial charge in [0.15, 0.2) is 5.69 Å². The number of aryl methyl sites for hydroxylation is 1. The number of nitrogens with zero attached hydrogens (tertiary/aromatic N) is 3. The molecule has 0 saturated carbocycles. The summed E-state index contributed by atoms with van der Waals surface area (Å²) in [6, 6.07) is 12.8. The molecule has 0 atom stereocenters. The molecule has 0 saturated heterocycles. The Balaban J connectivity index is 1.69. The van der Waals surface area contributed by atoms with Crippen LogP contribution in [0.4, 0.5) is 4.39 Å². The van der Waals surface area contributed by atoms with E-state index in [0.29, 0.717) is 27.2 Å². The van der Waals surface area contributed by atoms with Gasteiger partial charge in [-0.3, -0.25) is 9.78 Å². The van der Waals surface area contributed by atoms with Crippen molar-refractivity contribution in [1.29, 1.82) is 0 Å². The molecule has 4 rings (SSSR count). The van der Waals surface area contributed by atoms with E-state index in [1.54, 1.807) is 42.6 Å². The van der Waals surface area contributed by atoms with Crippen LogP contribution in [0.5, 0.6) is 0 Å². The van der Waals surface area contributed by atoms with Crippen molar-refractivity contribution in [2.24, 2.45) is 7.05 Å². The van der Waals surface area contributed by atoms with Crippen molar-refractivity contribution >= 4 is 27.6 Å². The number of rotatable bonds is 3. The molecule has 7 heteroatoms. The molecule has 2 aromatic heterocycles. The first-order chi connectivity index (χ1) is 13.1. The van der Waals surface area contributed by atoms with Crippen molar-refractivity contribution in [3.8, 4) is 0 Å². The van der Waals surface area contributed by atoms with Crippen molar-refractivity contribution in [3.63, 3.8) is 0 Å². The van der Waals surface area contributed by atoms with E-state index in [9.17, 15) is 14.0 Å². The van der Waals surface area contributed by atoms with Gasteiger partial charge in [0.2, 0.25) is 0 Å². The summed E-state index contributed by atoms with van der Waals surface area (Å²) in [5, 5.41) is 5.21. The van der Waals surface area contributed by atoms with E-state index in [-0.39, 0.29) is 23.7 Å². The van der Waals surface area contributed by atoms with Crippen molar-refractivity contribution in [1.82, 2.24) is 14.8 Å². The number of pyridine rings is 1. The van der Waals surface area contributed by atoms with Crippen LogP contribution in [0.2, 0.25) is 0 Å². The summed E-state index contributed by atoms with van der Waals surface area (Å²) in [4.78, 5) is 28.9. The van der Waals surface area contributed by atoms with Gasteiger partial charge >= 0.3 is 5.97 Å². The van der Waals surface area contributed by atoms with E-state index in [0.717, 1.165) is 4.68 Å². The maximum atomic E-state index is 13.9. The second kappa shape index (κ2) is 6.60. The summed E-state index contributed by atoms with van der Waals surface area (Å²) in [5.74, 6) is -1.06. The third-order valence-electron chi connectivity index (χ3n) is 4.31. The summed E-state index contributed by atoms with van der Waals surface area (Å²) >= 11 is 0. The highest BCUT2D eigenvalue weighted by molar-refractivity contribution is 6.02. The topological polar surface area (TPSA) is 74.1 Å². The zero-order chi connectivity index (χ0) is 19.0. The first-order valence-electron chi connectivity index (χ1n) is 8.21. The number of hydrogen-bond donors (Lipinski definition) is 0. The molecule has 134 valence electrons. The number of benzene rings is 2. The van der Waals surface area contributed by atoms with Crippen LogP contribution in [-0.2, 0) is 18.4 Å². The minimum atomic E-state index is -0.671. The van der Waals surface area contributed by atoms with Crippen LogP contribution < -0.4 is 5.56 Å². The highest BCUT2D eigenvalue weighted by atomic mass is 19.1. The Morgan fingerprint density at radius 3 is 2.63 bits per heavy atom. The number of carbonyl (C=O) groups is 1. The molecule has 0 N–H and O–H groups in total. The van der Waals surface area contributed by atoms with Crippen molar-refractivity contribution < 1.29 is 13.9 Å². The summed E-state index contributed by atoms with van der Waals surface area (Å²) in [5.41, 5.74) is 0.765. The van der Waals surface area contributed by atoms with Crippen molar-refractivity contribution in [3.05, 3.63) is 82.2 Å². The number of ether oxygens (including phenoxy) is 1. The Kier molecular flexibility index (Phi) is 4.12. The van der Waals surface area contributed by atoms with Gasteiger partial charge < -0.3 is 4.74 Å². The van der Waals surface area contributed by atoms with Gasteiger partial charge in [0.25, 0.3) is 5.56 Å². The molecule has 0 aliphatic carbocycles. The van der Waals surface area contributed by atoms with Gasteiger partial charge in [-0.05, 0) is 24.3 Å². The summed E-state index contributed by atoms with van der Waals surface area (Å²) in [6.07, 6.45) is 1.55. The van der Waals surface area contributed by atoms with Crippen molar-refractivity contribution in [2.45, 2.75) is 6.61 Å². The van der Waals surface area contributed by atoms with Crippen LogP contribution >= 0.6 is 0 Å². The molecule has 0 aliphatic rings. The maximum Gasteiger partial charge on any atom is 0.359 e. The standard InChI is InChI=1S/C20H14FN3O3/c1-24-19(25)14-6-3-2-5-13(14)18(23-24)20(26)27-11-12-8-9-16(21)15-7-4-10-22-17(12)15/h2-10H,11H2,1H3. The van der Waals surface area contributed by atoms with Crippen LogP contribution in [0.1, 0.15) is 16.1 Å². The first-order valence-corrected chi connectivity index (χ1v) is 8.21. The molecular formula is C20H14FN3O3. The average Bonchev–Trinajstić information content (AvgIpc) is 2.70. The average molecular weight is 363 g/mol. The molecule has 0 radical (unpaired) electrons. The van der Waals surface area contributed by atoms with E-state index < -0.39 is 5.97 Å². The Morgan fingerprint density at radius 1 is 1.07 bits per heavy atom. The molecule has 0 aliphatic heterocycles. The Bertz CT molecular complexity index is 1250. The van der Waals surface area contributed by atoms with Crippen LogP contribution in [0.3, 0.4) is 0 Å². The Morgan fingerprint density at radius 2 is 1.81 bits per heavy atom. The number of esters is 1. The van der Waals surface area contributed by atoms with Crippen LogP contribution in [0.15, 0.2) is 59.5 Å². The van der Waals surface area contributed by atoms with E-state index in [2.05, 4.69) is 10.1 Å². The monoisotopic (exact) mass is 363 g/mol. The highest BCUT2D eigenvalue weighted by Crippen LogP contribution is 2.21. The lowest BCUT2D eigenvalue weighted by Crippen LogP contribution is -2.23. The number of fused-ring (bicyclic) bond motifs is 2. The molecule has 0 unspecified atom stereocenters. The van der Waals surface area contributed by atoms with Gasteiger partial charge in [0.1, 0.15) is 12.4 Å². The zero-order valence-electron chi connectivity index (χ0n) is 14.3. The second-order valence-electron chi connectivity index (χ2n) is 6.01. The number of carbonyl (C=O) groups excluding carboxylic acids is 1. The molecule has 6 nitrogen and oxygen atoms in total. The third kappa shape index (κ3) is 2.93. The lowest BCUT2D eigenvalue weighted by molar-refractivity contribution is 0.0467. The minimum absolute atomic E-state index is 0.0482. The lowest BCUT2D eigenvalue weighted by Gasteiger charge is -2.10. The Hall–Kier alpha value is -3.61. The number of hydrogen-bond acceptors (Lipinski definition) is 5. The molecule has 0 bridgehead atoms. The molecule has 0 fully saturated rings. The summed E-state index contributed by atoms with van der Waals surface area (Å²) in [6.45, 7) is -0.0918. The number of aromatic nitrogens is 3. The zero-order valence-corrected chi connectivity index (χ0v) is 14.3. The van der Waals surface area contributed by atoms with Gasteiger partial charge in [-0.2, -0.15) is 5.10 Å². The van der Waals surface area contributed by atoms with Crippen LogP contribution in [0, 0.1) is 5.82 Å². The van der Waals surface area contributed by atoms with Gasteiger partial charge in [0.05, 0.1) is 10.9 Å². The lowest BCUT2D eigenvalue weighted by atomic mass is 10.1. The molecule has 0 amide bonds. The van der Waals surface area contributed by atoms with E-state index in [1.807, 2.05) is 0 Å². The van der Waals surface area contributed by atoms with E-state index in [1.165, 1.54) is 19.2 Å². The quantitative estimate of drug-likeness (QED) is 0.523. The van der Waals surface area contributed by atoms with Crippen LogP contribution in [-0.4, -0.2) is 20.7 Å². The summed E-state index contributed by atoms with van der Waals surface area (Å²) in [7, 11) is 1.48. The van der Waals surface area contributed by atoms with E-state index >= 15 is 0 Å². The van der Waals surface area contributed by atoms with E-state index in [4.69, 9.17) is 4.74 Å². The first kappa shape index (κ1) is 16.8. The van der Waals surface area contributed by atoms with Gasteiger partial charge in [-0.25, -0.2) is 13.9 Å². The highest BCUT2D eigenvalue weighted by Gasteiger charge is 2.18. The molecule has 2 heterocycles. The Labute approximate surface area is 152 Å². The fourth-order valence-electron chi connectivity index (χ4n) is 2.97. The predicted molar refractivity (Wildman–Crippen MR) is 97.8 cm³/mol. The van der Waals surface area contributed by atoms with Gasteiger partial charge in [-0.1, -0.05) is 24.3 Å². The largest absolute Gasteiger partial charge is 0.456 e. The molecular weight excluding hydrogens is 349 g/mol. The SMILES string of the molecule is Cn1nc(C(=O)OCc2ccc(F)c3cccnc23)c2ccccc2c1=O. The summed E-state index contributed by atoms with van der Waals surface area (Å²) < 4.78 is 20.4. The van der Waals surface area contributed by atoms with Crippen molar-refractivity contribution in [2.75, 3.05) is 0 Å². The molecule has 4 aromatic rings. The minimum Gasteiger partial charge on any atom is -0.456 e. The molecule has 0 spiro atoms. The van der Waals surface area contributed by atoms with Gasteiger partial charge in [0, 0.05) is 29.6 Å². The fourth-order valence-corrected chi connectivity index (χ4v) is 2.97. The molecule has 2 aromatic carbocycles. The maximum absolute atomic E-state index is 13.9. The normalized spacial score (nSPS) is 11.0. The second-order valence-corrected chi connectivity index (χ2v) is 6.01.